The molecule has 1 aromatic heterocycles. The molecule has 0 spiro atoms. The summed E-state index contributed by atoms with van der Waals surface area (Å²) >= 11 is 4.34. The predicted molar refractivity (Wildman–Crippen MR) is 81.6 cm³/mol. The first kappa shape index (κ1) is 16.5. The molecule has 0 N–H and O–H groups in total. The number of thiophene rings is 1. The average molecular weight is 396 g/mol. The summed E-state index contributed by atoms with van der Waals surface area (Å²) in [5.41, 5.74) is 0. The first-order valence-electron chi connectivity index (χ1n) is 6.03. The van der Waals surface area contributed by atoms with Gasteiger partial charge >= 0.3 is 0 Å². The fourth-order valence-corrected chi connectivity index (χ4v) is 5.19. The zero-order valence-electron chi connectivity index (χ0n) is 11.0. The van der Waals surface area contributed by atoms with Gasteiger partial charge in [0.05, 0.1) is 0 Å². The van der Waals surface area contributed by atoms with Gasteiger partial charge in [-0.25, -0.2) is 17.2 Å². The fourth-order valence-electron chi connectivity index (χ4n) is 1.85. The van der Waals surface area contributed by atoms with Crippen molar-refractivity contribution < 1.29 is 17.2 Å². The third-order valence-electron chi connectivity index (χ3n) is 2.83. The van der Waals surface area contributed by atoms with Crippen molar-refractivity contribution in [3.63, 3.8) is 0 Å². The van der Waals surface area contributed by atoms with Gasteiger partial charge in [0.15, 0.2) is 0 Å². The van der Waals surface area contributed by atoms with Crippen LogP contribution in [0.1, 0.15) is 11.8 Å². The van der Waals surface area contributed by atoms with E-state index < -0.39 is 26.6 Å². The molecule has 1 aromatic carbocycles. The Morgan fingerprint density at radius 3 is 2.57 bits per heavy atom. The van der Waals surface area contributed by atoms with Crippen LogP contribution >= 0.6 is 27.3 Å². The van der Waals surface area contributed by atoms with Gasteiger partial charge in [-0.2, -0.15) is 4.31 Å². The van der Waals surface area contributed by atoms with Crippen LogP contribution in [0.25, 0.3) is 0 Å². The molecule has 0 atom stereocenters. The molecule has 0 bridgehead atoms. The Labute approximate surface area is 134 Å². The highest BCUT2D eigenvalue weighted by Crippen LogP contribution is 2.30. The summed E-state index contributed by atoms with van der Waals surface area (Å²) < 4.78 is 53.2. The first-order chi connectivity index (χ1) is 9.86. The minimum Gasteiger partial charge on any atom is -0.207 e. The van der Waals surface area contributed by atoms with Crippen molar-refractivity contribution in [3.8, 4) is 0 Å². The topological polar surface area (TPSA) is 37.4 Å². The summed E-state index contributed by atoms with van der Waals surface area (Å²) in [6, 6.07) is 5.12. The van der Waals surface area contributed by atoms with Crippen molar-refractivity contribution in [2.75, 3.05) is 6.54 Å². The minimum atomic E-state index is -4.05. The third kappa shape index (κ3) is 3.50. The molecule has 8 heteroatoms. The molecule has 0 saturated heterocycles. The van der Waals surface area contributed by atoms with Crippen LogP contribution < -0.4 is 0 Å². The van der Waals surface area contributed by atoms with E-state index in [1.807, 2.05) is 11.4 Å². The third-order valence-corrected chi connectivity index (χ3v) is 6.57. The van der Waals surface area contributed by atoms with Crippen molar-refractivity contribution >= 4 is 37.3 Å². The van der Waals surface area contributed by atoms with Gasteiger partial charge < -0.3 is 0 Å². The zero-order valence-corrected chi connectivity index (χ0v) is 14.2. The number of hydrogen-bond acceptors (Lipinski definition) is 3. The summed E-state index contributed by atoms with van der Waals surface area (Å²) in [7, 11) is -4.05. The Balaban J connectivity index is 2.45. The number of sulfonamides is 1. The highest BCUT2D eigenvalue weighted by atomic mass is 79.9. The van der Waals surface area contributed by atoms with Crippen LogP contribution in [0.15, 0.2) is 39.0 Å². The molecule has 0 radical (unpaired) electrons. The van der Waals surface area contributed by atoms with Crippen LogP contribution in [-0.2, 0) is 16.6 Å². The summed E-state index contributed by atoms with van der Waals surface area (Å²) in [4.78, 5) is 0.307. The van der Waals surface area contributed by atoms with Crippen LogP contribution in [-0.4, -0.2) is 19.3 Å². The van der Waals surface area contributed by atoms with E-state index in [-0.39, 0.29) is 17.6 Å². The summed E-state index contributed by atoms with van der Waals surface area (Å²) in [5.74, 6) is -1.94. The molecule has 0 saturated carbocycles. The SMILES string of the molecule is CCN(Cc1cccs1)S(=O)(=O)c1c(F)cc(F)cc1Br. The van der Waals surface area contributed by atoms with E-state index in [0.717, 1.165) is 15.2 Å². The second-order valence-electron chi connectivity index (χ2n) is 4.21. The fraction of sp³-hybridized carbons (Fsp3) is 0.231. The van der Waals surface area contributed by atoms with Crippen molar-refractivity contribution in [2.24, 2.45) is 0 Å². The van der Waals surface area contributed by atoms with Crippen LogP contribution in [0.5, 0.6) is 0 Å². The lowest BCUT2D eigenvalue weighted by Gasteiger charge is -2.21. The van der Waals surface area contributed by atoms with Gasteiger partial charge in [-0.1, -0.05) is 13.0 Å². The van der Waals surface area contributed by atoms with E-state index in [1.165, 1.54) is 11.3 Å². The van der Waals surface area contributed by atoms with E-state index in [2.05, 4.69) is 15.9 Å². The van der Waals surface area contributed by atoms with E-state index in [0.29, 0.717) is 6.07 Å². The Hall–Kier alpha value is -0.830. The molecule has 0 fully saturated rings. The van der Waals surface area contributed by atoms with Crippen molar-refractivity contribution in [2.45, 2.75) is 18.4 Å². The summed E-state index contributed by atoms with van der Waals surface area (Å²) in [6.45, 7) is 2.00. The molecule has 1 heterocycles. The van der Waals surface area contributed by atoms with E-state index >= 15 is 0 Å². The number of benzene rings is 1. The molecular weight excluding hydrogens is 384 g/mol. The molecular formula is C13H12BrF2NO2S2. The molecule has 114 valence electrons. The van der Waals surface area contributed by atoms with Crippen molar-refractivity contribution in [1.82, 2.24) is 4.31 Å². The maximum atomic E-state index is 13.9. The Bertz CT molecular complexity index is 710. The molecule has 0 aliphatic rings. The standard InChI is InChI=1S/C13H12BrF2NO2S2/c1-2-17(8-10-4-3-5-20-10)21(18,19)13-11(14)6-9(15)7-12(13)16/h3-7H,2,8H2,1H3. The molecule has 0 aliphatic carbocycles. The average Bonchev–Trinajstić information content (AvgIpc) is 2.86. The molecule has 0 aliphatic heterocycles. The van der Waals surface area contributed by atoms with Crippen LogP contribution in [0.2, 0.25) is 0 Å². The van der Waals surface area contributed by atoms with Crippen LogP contribution in [0.4, 0.5) is 8.78 Å². The molecule has 0 unspecified atom stereocenters. The van der Waals surface area contributed by atoms with E-state index in [1.54, 1.807) is 13.0 Å². The quantitative estimate of drug-likeness (QED) is 0.766. The Morgan fingerprint density at radius 2 is 2.05 bits per heavy atom. The van der Waals surface area contributed by atoms with Gasteiger partial charge in [-0.05, 0) is 33.4 Å². The Kier molecular flexibility index (Phi) is 5.13. The van der Waals surface area contributed by atoms with Gasteiger partial charge in [0.25, 0.3) is 0 Å². The Morgan fingerprint density at radius 1 is 1.33 bits per heavy atom. The van der Waals surface area contributed by atoms with Crippen molar-refractivity contribution in [3.05, 3.63) is 50.6 Å². The van der Waals surface area contributed by atoms with Gasteiger partial charge in [0, 0.05) is 28.5 Å². The van der Waals surface area contributed by atoms with Gasteiger partial charge in [-0.15, -0.1) is 11.3 Å². The summed E-state index contributed by atoms with van der Waals surface area (Å²) in [5, 5.41) is 1.84. The largest absolute Gasteiger partial charge is 0.247 e. The molecule has 2 rings (SSSR count). The van der Waals surface area contributed by atoms with E-state index in [4.69, 9.17) is 0 Å². The lowest BCUT2D eigenvalue weighted by atomic mass is 10.3. The molecule has 21 heavy (non-hydrogen) atoms. The maximum absolute atomic E-state index is 13.9. The van der Waals surface area contributed by atoms with Crippen molar-refractivity contribution in [1.29, 1.82) is 0 Å². The normalized spacial score (nSPS) is 12.0. The van der Waals surface area contributed by atoms with Crippen LogP contribution in [0.3, 0.4) is 0 Å². The molecule has 2 aromatic rings. The lowest BCUT2D eigenvalue weighted by Crippen LogP contribution is -2.31. The zero-order chi connectivity index (χ0) is 15.6. The highest BCUT2D eigenvalue weighted by Gasteiger charge is 2.29. The molecule has 0 amide bonds. The monoisotopic (exact) mass is 395 g/mol. The predicted octanol–water partition coefficient (Wildman–Crippen LogP) is 4.00. The highest BCUT2D eigenvalue weighted by molar-refractivity contribution is 9.10. The number of halogens is 3. The van der Waals surface area contributed by atoms with E-state index in [9.17, 15) is 17.2 Å². The summed E-state index contributed by atoms with van der Waals surface area (Å²) in [6.07, 6.45) is 0. The molecule has 3 nitrogen and oxygen atoms in total. The van der Waals surface area contributed by atoms with Gasteiger partial charge in [0.1, 0.15) is 16.5 Å². The maximum Gasteiger partial charge on any atom is 0.247 e. The smallest absolute Gasteiger partial charge is 0.207 e. The lowest BCUT2D eigenvalue weighted by molar-refractivity contribution is 0.421. The first-order valence-corrected chi connectivity index (χ1v) is 9.14. The van der Waals surface area contributed by atoms with Gasteiger partial charge in [0.2, 0.25) is 10.0 Å². The van der Waals surface area contributed by atoms with Crippen LogP contribution in [0, 0.1) is 11.6 Å². The number of rotatable bonds is 5. The van der Waals surface area contributed by atoms with Gasteiger partial charge in [-0.3, -0.25) is 0 Å². The minimum absolute atomic E-state index is 0.121. The number of hydrogen-bond donors (Lipinski definition) is 0. The second-order valence-corrected chi connectivity index (χ2v) is 7.97. The number of nitrogens with zero attached hydrogens (tertiary/aromatic N) is 1. The second kappa shape index (κ2) is 6.51.